The Bertz CT molecular complexity index is 1420. The number of fused-ring (bicyclic) bond motifs is 6. The van der Waals surface area contributed by atoms with E-state index in [0.717, 1.165) is 29.1 Å². The minimum Gasteiger partial charge on any atom is -0.320 e. The molecular weight excluding hydrogens is 324 g/mol. The molecule has 126 valence electrons. The van der Waals surface area contributed by atoms with Crippen LogP contribution in [0.2, 0.25) is 0 Å². The third-order valence-corrected chi connectivity index (χ3v) is 5.15. The zero-order valence-electron chi connectivity index (χ0n) is 14.2. The van der Waals surface area contributed by atoms with Gasteiger partial charge in [0.05, 0.1) is 28.6 Å². The lowest BCUT2D eigenvalue weighted by atomic mass is 10.1. The zero-order valence-corrected chi connectivity index (χ0v) is 14.2. The summed E-state index contributed by atoms with van der Waals surface area (Å²) in [5.74, 6) is 1.91. The molecule has 0 atom stereocenters. The Morgan fingerprint density at radius 2 is 1.73 bits per heavy atom. The van der Waals surface area contributed by atoms with E-state index in [0.29, 0.717) is 0 Å². The molecule has 4 aromatic heterocycles. The van der Waals surface area contributed by atoms with Crippen LogP contribution in [0.4, 0.5) is 0 Å². The van der Waals surface area contributed by atoms with Gasteiger partial charge in [-0.1, -0.05) is 24.3 Å². The van der Waals surface area contributed by atoms with Crippen LogP contribution in [-0.2, 0) is 13.6 Å². The van der Waals surface area contributed by atoms with Crippen LogP contribution >= 0.6 is 0 Å². The maximum Gasteiger partial charge on any atom is 0.215 e. The van der Waals surface area contributed by atoms with Gasteiger partial charge in [-0.2, -0.15) is 0 Å². The van der Waals surface area contributed by atoms with E-state index < -0.39 is 0 Å². The first-order valence-corrected chi connectivity index (χ1v) is 8.62. The van der Waals surface area contributed by atoms with E-state index in [1.807, 2.05) is 30.2 Å². The number of aromatic nitrogens is 6. The molecule has 0 aliphatic heterocycles. The highest BCUT2D eigenvalue weighted by Gasteiger charge is 2.15. The summed E-state index contributed by atoms with van der Waals surface area (Å²) in [6.07, 6.45) is 7.99. The van der Waals surface area contributed by atoms with Crippen LogP contribution < -0.4 is 0 Å². The molecule has 0 unspecified atom stereocenters. The molecule has 0 saturated carbocycles. The van der Waals surface area contributed by atoms with Crippen molar-refractivity contribution in [3.05, 3.63) is 72.8 Å². The summed E-state index contributed by atoms with van der Waals surface area (Å²) in [6, 6.07) is 14.8. The molecule has 0 radical (unpaired) electrons. The standard InChI is InChI=1S/C20H16N6/c1-23-11-12-25-18-14(5-4-6-15(18)22-20(23)25)13-26-17-8-3-2-7-16(17)24-10-9-21-19(24)26/h2-12H,13H2,1H3. The van der Waals surface area contributed by atoms with Crippen molar-refractivity contribution in [3.8, 4) is 0 Å². The third kappa shape index (κ3) is 1.65. The first kappa shape index (κ1) is 13.7. The molecule has 4 heterocycles. The number of hydrogen-bond donors (Lipinski definition) is 0. The fourth-order valence-corrected chi connectivity index (χ4v) is 3.97. The van der Waals surface area contributed by atoms with Crippen LogP contribution in [0.25, 0.3) is 33.6 Å². The van der Waals surface area contributed by atoms with E-state index in [9.17, 15) is 0 Å². The molecule has 0 bridgehead atoms. The van der Waals surface area contributed by atoms with Crippen molar-refractivity contribution in [1.29, 1.82) is 0 Å². The van der Waals surface area contributed by atoms with Gasteiger partial charge in [0.15, 0.2) is 0 Å². The summed E-state index contributed by atoms with van der Waals surface area (Å²) in [5.41, 5.74) is 5.76. The Labute approximate surface area is 148 Å². The normalized spacial score (nSPS) is 12.2. The highest BCUT2D eigenvalue weighted by Crippen LogP contribution is 2.25. The Morgan fingerprint density at radius 3 is 2.65 bits per heavy atom. The van der Waals surface area contributed by atoms with Crippen molar-refractivity contribution in [1.82, 2.24) is 27.9 Å². The summed E-state index contributed by atoms with van der Waals surface area (Å²) in [5, 5.41) is 0. The molecular formula is C20H16N6. The van der Waals surface area contributed by atoms with Gasteiger partial charge in [0, 0.05) is 31.8 Å². The minimum absolute atomic E-state index is 0.744. The van der Waals surface area contributed by atoms with E-state index >= 15 is 0 Å². The molecule has 26 heavy (non-hydrogen) atoms. The topological polar surface area (TPSA) is 44.5 Å². The van der Waals surface area contributed by atoms with Crippen LogP contribution in [0.5, 0.6) is 0 Å². The fraction of sp³-hybridized carbons (Fsp3) is 0.100. The lowest BCUT2D eigenvalue weighted by Gasteiger charge is -2.07. The number of imidazole rings is 4. The van der Waals surface area contributed by atoms with E-state index in [2.05, 4.69) is 67.0 Å². The molecule has 2 aromatic carbocycles. The lowest BCUT2D eigenvalue weighted by molar-refractivity contribution is 0.848. The second kappa shape index (κ2) is 4.76. The Balaban J connectivity index is 1.65. The molecule has 0 aliphatic rings. The molecule has 6 heteroatoms. The Morgan fingerprint density at radius 1 is 0.846 bits per heavy atom. The number of benzene rings is 2. The molecule has 0 amide bonds. The fourth-order valence-electron chi connectivity index (χ4n) is 3.97. The second-order valence-corrected chi connectivity index (χ2v) is 6.65. The van der Waals surface area contributed by atoms with Gasteiger partial charge in [-0.15, -0.1) is 0 Å². The quantitative estimate of drug-likeness (QED) is 0.484. The van der Waals surface area contributed by atoms with Gasteiger partial charge in [0.2, 0.25) is 11.6 Å². The van der Waals surface area contributed by atoms with Gasteiger partial charge in [-0.3, -0.25) is 8.80 Å². The van der Waals surface area contributed by atoms with E-state index in [4.69, 9.17) is 4.98 Å². The molecule has 0 N–H and O–H groups in total. The van der Waals surface area contributed by atoms with Crippen molar-refractivity contribution < 1.29 is 0 Å². The van der Waals surface area contributed by atoms with E-state index in [-0.39, 0.29) is 0 Å². The van der Waals surface area contributed by atoms with Crippen LogP contribution in [-0.4, -0.2) is 27.9 Å². The van der Waals surface area contributed by atoms with Crippen LogP contribution in [0, 0.1) is 0 Å². The number of hydrogen-bond acceptors (Lipinski definition) is 2. The van der Waals surface area contributed by atoms with Crippen LogP contribution in [0.1, 0.15) is 5.56 Å². The SMILES string of the molecule is Cn1ccn2c3c(Cn4c5ccccc5n5ccnc45)cccc3nc12. The maximum atomic E-state index is 4.78. The Kier molecular flexibility index (Phi) is 2.51. The zero-order chi connectivity index (χ0) is 17.3. The van der Waals surface area contributed by atoms with Gasteiger partial charge in [-0.25, -0.2) is 9.97 Å². The first-order chi connectivity index (χ1) is 12.8. The predicted octanol–water partition coefficient (Wildman–Crippen LogP) is 3.48. The molecule has 6 nitrogen and oxygen atoms in total. The number of aryl methyl sites for hydroxylation is 1. The summed E-state index contributed by atoms with van der Waals surface area (Å²) in [4.78, 5) is 9.36. The van der Waals surface area contributed by atoms with Gasteiger partial charge in [-0.05, 0) is 23.8 Å². The van der Waals surface area contributed by atoms with Gasteiger partial charge in [0.25, 0.3) is 0 Å². The largest absolute Gasteiger partial charge is 0.320 e. The van der Waals surface area contributed by atoms with Crippen molar-refractivity contribution >= 4 is 33.6 Å². The first-order valence-electron chi connectivity index (χ1n) is 8.62. The van der Waals surface area contributed by atoms with Crippen molar-refractivity contribution in [2.45, 2.75) is 6.54 Å². The summed E-state index contributed by atoms with van der Waals surface area (Å²) < 4.78 is 8.62. The van der Waals surface area contributed by atoms with Crippen LogP contribution in [0.3, 0.4) is 0 Å². The predicted molar refractivity (Wildman–Crippen MR) is 101 cm³/mol. The number of rotatable bonds is 2. The van der Waals surface area contributed by atoms with E-state index in [1.165, 1.54) is 16.6 Å². The average molecular weight is 340 g/mol. The lowest BCUT2D eigenvalue weighted by Crippen LogP contribution is -2.01. The van der Waals surface area contributed by atoms with Crippen LogP contribution in [0.15, 0.2) is 67.3 Å². The molecule has 6 aromatic rings. The number of nitrogens with zero attached hydrogens (tertiary/aromatic N) is 6. The summed E-state index contributed by atoms with van der Waals surface area (Å²) in [6.45, 7) is 0.744. The highest BCUT2D eigenvalue weighted by molar-refractivity contribution is 5.84. The number of para-hydroxylation sites is 3. The smallest absolute Gasteiger partial charge is 0.215 e. The van der Waals surface area contributed by atoms with Gasteiger partial charge >= 0.3 is 0 Å². The highest BCUT2D eigenvalue weighted by atomic mass is 15.2. The second-order valence-electron chi connectivity index (χ2n) is 6.65. The molecule has 0 fully saturated rings. The monoisotopic (exact) mass is 340 g/mol. The molecule has 0 aliphatic carbocycles. The molecule has 0 spiro atoms. The molecule has 6 rings (SSSR count). The molecule has 0 saturated heterocycles. The summed E-state index contributed by atoms with van der Waals surface area (Å²) >= 11 is 0. The van der Waals surface area contributed by atoms with Crippen molar-refractivity contribution in [2.24, 2.45) is 7.05 Å². The maximum absolute atomic E-state index is 4.78. The average Bonchev–Trinajstić information content (AvgIpc) is 3.40. The summed E-state index contributed by atoms with van der Waals surface area (Å²) in [7, 11) is 2.02. The van der Waals surface area contributed by atoms with E-state index in [1.54, 1.807) is 0 Å². The van der Waals surface area contributed by atoms with Crippen molar-refractivity contribution in [2.75, 3.05) is 0 Å². The van der Waals surface area contributed by atoms with Gasteiger partial charge < -0.3 is 9.13 Å². The van der Waals surface area contributed by atoms with Gasteiger partial charge in [0.1, 0.15) is 0 Å². The van der Waals surface area contributed by atoms with Crippen molar-refractivity contribution in [3.63, 3.8) is 0 Å². The minimum atomic E-state index is 0.744. The Hall–Kier alpha value is -3.54. The third-order valence-electron chi connectivity index (χ3n) is 5.15.